The Kier molecular flexibility index (Phi) is 8.85. The van der Waals surface area contributed by atoms with Gasteiger partial charge in [0.25, 0.3) is 17.4 Å². The quantitative estimate of drug-likeness (QED) is 0.460. The van der Waals surface area contributed by atoms with Gasteiger partial charge in [-0.05, 0) is 12.8 Å². The third-order valence-electron chi connectivity index (χ3n) is 6.89. The van der Waals surface area contributed by atoms with E-state index < -0.39 is 67.1 Å². The van der Waals surface area contributed by atoms with E-state index in [1.54, 1.807) is 0 Å². The van der Waals surface area contributed by atoms with Crippen molar-refractivity contribution in [1.82, 2.24) is 14.8 Å². The van der Waals surface area contributed by atoms with E-state index >= 15 is 0 Å². The van der Waals surface area contributed by atoms with Gasteiger partial charge in [-0.2, -0.15) is 26.3 Å². The zero-order valence-corrected chi connectivity index (χ0v) is 24.2. The van der Waals surface area contributed by atoms with Crippen molar-refractivity contribution in [2.75, 3.05) is 37.7 Å². The number of hydrogen-bond donors (Lipinski definition) is 1. The summed E-state index contributed by atoms with van der Waals surface area (Å²) >= 11 is 12.6. The molecule has 2 amide bonds. The van der Waals surface area contributed by atoms with E-state index in [1.807, 2.05) is 0 Å². The third-order valence-corrected chi connectivity index (χ3v) is 10.5. The van der Waals surface area contributed by atoms with Crippen LogP contribution in [0.4, 0.5) is 30.7 Å². The number of alkyl halides is 7. The molecule has 2 aromatic rings. The van der Waals surface area contributed by atoms with Crippen LogP contribution in [-0.2, 0) is 15.4 Å². The molecule has 1 N–H and O–H groups in total. The summed E-state index contributed by atoms with van der Waals surface area (Å²) < 4.78 is 118. The second-order valence-electron chi connectivity index (χ2n) is 9.60. The fourth-order valence-electron chi connectivity index (χ4n) is 4.46. The summed E-state index contributed by atoms with van der Waals surface area (Å²) in [6.45, 7) is -0.444. The van der Waals surface area contributed by atoms with Crippen molar-refractivity contribution in [1.29, 1.82) is 0 Å². The van der Waals surface area contributed by atoms with Gasteiger partial charge in [0.05, 0.1) is 26.4 Å². The molecule has 0 saturated carbocycles. The van der Waals surface area contributed by atoms with Crippen molar-refractivity contribution in [3.05, 3.63) is 38.4 Å². The Morgan fingerprint density at radius 1 is 0.905 bits per heavy atom. The molecule has 8 nitrogen and oxygen atoms in total. The smallest absolute Gasteiger partial charge is 0.369 e. The Bertz CT molecular complexity index is 1480. The summed E-state index contributed by atoms with van der Waals surface area (Å²) in [4.78, 5) is 32.8. The first-order valence-electron chi connectivity index (χ1n) is 12.1. The average molecular weight is 686 g/mol. The molecule has 2 aliphatic rings. The molecule has 0 bridgehead atoms. The number of likely N-dealkylation sites (tertiary alicyclic amines) is 1. The van der Waals surface area contributed by atoms with E-state index in [-0.39, 0.29) is 72.0 Å². The molecule has 0 radical (unpaired) electrons. The largest absolute Gasteiger partial charge is 0.430 e. The highest BCUT2D eigenvalue weighted by atomic mass is 35.5. The first-order chi connectivity index (χ1) is 19.3. The van der Waals surface area contributed by atoms with Crippen LogP contribution in [0, 0.1) is 0 Å². The van der Waals surface area contributed by atoms with Gasteiger partial charge in [0.15, 0.2) is 14.8 Å². The van der Waals surface area contributed by atoms with Gasteiger partial charge in [-0.1, -0.05) is 35.3 Å². The molecule has 42 heavy (non-hydrogen) atoms. The molecule has 2 aliphatic heterocycles. The first kappa shape index (κ1) is 32.7. The monoisotopic (exact) mass is 685 g/mol. The normalized spacial score (nSPS) is 18.8. The minimum atomic E-state index is -6.25. The van der Waals surface area contributed by atoms with E-state index in [9.17, 15) is 53.8 Å². The maximum absolute atomic E-state index is 13.7. The Balaban J connectivity index is 1.83. The fourth-order valence-corrected chi connectivity index (χ4v) is 7.34. The molecule has 19 heteroatoms. The second-order valence-corrected chi connectivity index (χ2v) is 13.7. The van der Waals surface area contributed by atoms with E-state index in [0.717, 1.165) is 4.90 Å². The summed E-state index contributed by atoms with van der Waals surface area (Å²) in [5.41, 5.74) is -8.01. The standard InChI is InChI=1S/C23H20Cl2F7N3O5S2/c24-14-12(1-2-13(15(14)25)21(38,22(27,28)29)23(30,31)32)17-16(19(36)34-5-3-11(26)4-6-34)33-18(41-17)20(37)35-7-9-42(39,40)10-8-35/h1-2,11,38H,3-10H2. The number of piperidine rings is 1. The molecule has 232 valence electrons. The molecule has 2 fully saturated rings. The minimum absolute atomic E-state index is 0.00595. The highest BCUT2D eigenvalue weighted by Crippen LogP contribution is 2.54. The highest BCUT2D eigenvalue weighted by molar-refractivity contribution is 7.91. The van der Waals surface area contributed by atoms with Crippen LogP contribution in [0.1, 0.15) is 38.7 Å². The number of benzene rings is 1. The van der Waals surface area contributed by atoms with Crippen molar-refractivity contribution in [2.45, 2.75) is 37.0 Å². The summed E-state index contributed by atoms with van der Waals surface area (Å²) in [6, 6.07) is 0.926. The molecule has 3 heterocycles. The molecule has 2 saturated heterocycles. The number of carbonyl (C=O) groups excluding carboxylic acids is 2. The topological polar surface area (TPSA) is 108 Å². The van der Waals surface area contributed by atoms with Gasteiger partial charge < -0.3 is 14.9 Å². The Morgan fingerprint density at radius 3 is 1.95 bits per heavy atom. The van der Waals surface area contributed by atoms with Crippen LogP contribution in [0.3, 0.4) is 0 Å². The molecular formula is C23H20Cl2F7N3O5S2. The Morgan fingerprint density at radius 2 is 1.43 bits per heavy atom. The average Bonchev–Trinajstić information content (AvgIpc) is 3.33. The zero-order valence-electron chi connectivity index (χ0n) is 21.0. The number of rotatable bonds is 4. The summed E-state index contributed by atoms with van der Waals surface area (Å²) in [6.07, 6.45) is -13.7. The number of nitrogens with zero attached hydrogens (tertiary/aromatic N) is 3. The van der Waals surface area contributed by atoms with E-state index in [1.165, 1.54) is 4.90 Å². The number of halogens is 9. The molecule has 0 aliphatic carbocycles. The van der Waals surface area contributed by atoms with Gasteiger partial charge >= 0.3 is 12.4 Å². The van der Waals surface area contributed by atoms with Crippen molar-refractivity contribution < 1.29 is 53.8 Å². The summed E-state index contributed by atoms with van der Waals surface area (Å²) in [7, 11) is -3.37. The van der Waals surface area contributed by atoms with Crippen LogP contribution in [0.2, 0.25) is 10.0 Å². The molecule has 0 unspecified atom stereocenters. The lowest BCUT2D eigenvalue weighted by Gasteiger charge is -2.33. The lowest BCUT2D eigenvalue weighted by molar-refractivity contribution is -0.376. The van der Waals surface area contributed by atoms with Gasteiger partial charge in [0.2, 0.25) is 0 Å². The van der Waals surface area contributed by atoms with Crippen molar-refractivity contribution in [3.8, 4) is 10.4 Å². The molecular weight excluding hydrogens is 666 g/mol. The van der Waals surface area contributed by atoms with Crippen LogP contribution in [0.15, 0.2) is 12.1 Å². The van der Waals surface area contributed by atoms with Crippen LogP contribution in [-0.4, -0.2) is 96.3 Å². The van der Waals surface area contributed by atoms with Gasteiger partial charge in [0, 0.05) is 37.3 Å². The van der Waals surface area contributed by atoms with Gasteiger partial charge in [-0.15, -0.1) is 11.3 Å². The van der Waals surface area contributed by atoms with Crippen LogP contribution >= 0.6 is 34.5 Å². The number of sulfone groups is 1. The lowest BCUT2D eigenvalue weighted by atomic mass is 9.91. The Hall–Kier alpha value is -2.21. The van der Waals surface area contributed by atoms with Crippen molar-refractivity contribution in [2.24, 2.45) is 0 Å². The van der Waals surface area contributed by atoms with Crippen LogP contribution < -0.4 is 0 Å². The predicted molar refractivity (Wildman–Crippen MR) is 138 cm³/mol. The summed E-state index contributed by atoms with van der Waals surface area (Å²) in [5, 5.41) is 7.27. The molecule has 1 aromatic carbocycles. The number of thiazole rings is 1. The molecule has 0 spiro atoms. The van der Waals surface area contributed by atoms with Crippen molar-refractivity contribution >= 4 is 56.2 Å². The maximum atomic E-state index is 13.7. The second kappa shape index (κ2) is 11.4. The number of aromatic nitrogens is 1. The highest BCUT2D eigenvalue weighted by Gasteiger charge is 2.72. The third kappa shape index (κ3) is 5.94. The number of amides is 2. The fraction of sp³-hybridized carbons (Fsp3) is 0.522. The molecule has 1 aromatic heterocycles. The SMILES string of the molecule is O=C(c1nc(C(=O)N2CCC(F)CC2)c(-c2ccc(C(O)(C(F)(F)F)C(F)(F)F)c(Cl)c2Cl)s1)N1CCS(=O)(=O)CC1. The Labute approximate surface area is 247 Å². The van der Waals surface area contributed by atoms with Crippen LogP contribution in [0.25, 0.3) is 10.4 Å². The maximum Gasteiger partial charge on any atom is 0.430 e. The zero-order chi connectivity index (χ0) is 31.4. The van der Waals surface area contributed by atoms with Crippen molar-refractivity contribution in [3.63, 3.8) is 0 Å². The summed E-state index contributed by atoms with van der Waals surface area (Å²) in [5.74, 6) is -2.25. The number of aliphatic hydroxyl groups is 1. The van der Waals surface area contributed by atoms with Gasteiger partial charge in [-0.25, -0.2) is 17.8 Å². The first-order valence-corrected chi connectivity index (χ1v) is 15.5. The van der Waals surface area contributed by atoms with E-state index in [0.29, 0.717) is 17.4 Å². The van der Waals surface area contributed by atoms with E-state index in [4.69, 9.17) is 23.2 Å². The minimum Gasteiger partial charge on any atom is -0.369 e. The van der Waals surface area contributed by atoms with Gasteiger partial charge in [-0.3, -0.25) is 9.59 Å². The van der Waals surface area contributed by atoms with Gasteiger partial charge in [0.1, 0.15) is 11.9 Å². The number of hydrogen-bond acceptors (Lipinski definition) is 7. The van der Waals surface area contributed by atoms with E-state index in [2.05, 4.69) is 4.98 Å². The predicted octanol–water partition coefficient (Wildman–Crippen LogP) is 4.87. The molecule has 0 atom stereocenters. The van der Waals surface area contributed by atoms with Crippen LogP contribution in [0.5, 0.6) is 0 Å². The lowest BCUT2D eigenvalue weighted by Crippen LogP contribution is -2.54. The molecule has 4 rings (SSSR count). The number of carbonyl (C=O) groups is 2.